The van der Waals surface area contributed by atoms with Crippen LogP contribution in [0.5, 0.6) is 0 Å². The van der Waals surface area contributed by atoms with Gasteiger partial charge in [-0.3, -0.25) is 0 Å². The standard InChI is InChI=1S/C17H25NO3S/c1-14-6-8-15(9-7-14)22(19,20)18-12-17(16(2)13-21-16)10-4-3-5-11-17/h6-9,18H,3-5,10-13H2,1-2H3. The van der Waals surface area contributed by atoms with Crippen LogP contribution in [-0.4, -0.2) is 27.2 Å². The Morgan fingerprint density at radius 2 is 1.73 bits per heavy atom. The monoisotopic (exact) mass is 323 g/mol. The van der Waals surface area contributed by atoms with Crippen molar-refractivity contribution in [2.45, 2.75) is 56.4 Å². The Labute approximate surface area is 133 Å². The molecule has 2 aliphatic rings. The average molecular weight is 323 g/mol. The molecule has 1 N–H and O–H groups in total. The molecular weight excluding hydrogens is 298 g/mol. The highest BCUT2D eigenvalue weighted by Crippen LogP contribution is 2.52. The lowest BCUT2D eigenvalue weighted by molar-refractivity contribution is 0.0730. The molecule has 0 amide bonds. The summed E-state index contributed by atoms with van der Waals surface area (Å²) < 4.78 is 33.6. The van der Waals surface area contributed by atoms with E-state index in [-0.39, 0.29) is 11.0 Å². The van der Waals surface area contributed by atoms with Gasteiger partial charge in [0.15, 0.2) is 0 Å². The number of hydrogen-bond donors (Lipinski definition) is 1. The van der Waals surface area contributed by atoms with Gasteiger partial charge in [-0.05, 0) is 38.8 Å². The predicted octanol–water partition coefficient (Wildman–Crippen LogP) is 3.01. The summed E-state index contributed by atoms with van der Waals surface area (Å²) in [7, 11) is -3.45. The zero-order valence-corrected chi connectivity index (χ0v) is 14.2. The lowest BCUT2D eigenvalue weighted by Gasteiger charge is -2.40. The molecule has 1 saturated carbocycles. The fourth-order valence-corrected chi connectivity index (χ4v) is 4.70. The smallest absolute Gasteiger partial charge is 0.240 e. The van der Waals surface area contributed by atoms with E-state index in [1.807, 2.05) is 19.1 Å². The molecule has 4 nitrogen and oxygen atoms in total. The summed E-state index contributed by atoms with van der Waals surface area (Å²) in [4.78, 5) is 0.339. The third-order valence-corrected chi connectivity index (χ3v) is 6.86. The van der Waals surface area contributed by atoms with Gasteiger partial charge in [-0.1, -0.05) is 37.0 Å². The highest BCUT2D eigenvalue weighted by molar-refractivity contribution is 7.89. The van der Waals surface area contributed by atoms with Crippen LogP contribution >= 0.6 is 0 Å². The Kier molecular flexibility index (Phi) is 4.08. The Hall–Kier alpha value is -0.910. The zero-order chi connectivity index (χ0) is 15.8. The molecule has 1 unspecified atom stereocenters. The van der Waals surface area contributed by atoms with Gasteiger partial charge in [0.1, 0.15) is 0 Å². The Morgan fingerprint density at radius 1 is 1.14 bits per heavy atom. The first-order chi connectivity index (χ1) is 10.4. The molecule has 122 valence electrons. The van der Waals surface area contributed by atoms with Gasteiger partial charge in [-0.15, -0.1) is 0 Å². The first-order valence-electron chi connectivity index (χ1n) is 8.07. The SMILES string of the molecule is Cc1ccc(S(=O)(=O)NCC2(C3(C)CO3)CCCCC2)cc1. The van der Waals surface area contributed by atoms with Crippen molar-refractivity contribution >= 4 is 10.0 Å². The van der Waals surface area contributed by atoms with E-state index < -0.39 is 10.0 Å². The van der Waals surface area contributed by atoms with E-state index in [0.717, 1.165) is 37.9 Å². The van der Waals surface area contributed by atoms with Crippen LogP contribution in [0.4, 0.5) is 0 Å². The minimum Gasteiger partial charge on any atom is -0.369 e. The Bertz CT molecular complexity index is 626. The summed E-state index contributed by atoms with van der Waals surface area (Å²) in [6.07, 6.45) is 5.64. The Morgan fingerprint density at radius 3 is 2.27 bits per heavy atom. The predicted molar refractivity (Wildman–Crippen MR) is 86.2 cm³/mol. The second-order valence-corrected chi connectivity index (χ2v) is 8.77. The fraction of sp³-hybridized carbons (Fsp3) is 0.647. The molecule has 0 aromatic heterocycles. The van der Waals surface area contributed by atoms with E-state index in [4.69, 9.17) is 4.74 Å². The molecule has 3 rings (SSSR count). The maximum Gasteiger partial charge on any atom is 0.240 e. The second-order valence-electron chi connectivity index (χ2n) is 7.00. The van der Waals surface area contributed by atoms with Gasteiger partial charge in [-0.25, -0.2) is 13.1 Å². The van der Waals surface area contributed by atoms with Crippen molar-refractivity contribution in [1.82, 2.24) is 4.72 Å². The second kappa shape index (κ2) is 5.62. The van der Waals surface area contributed by atoms with E-state index in [9.17, 15) is 8.42 Å². The lowest BCUT2D eigenvalue weighted by Crippen LogP contribution is -2.47. The van der Waals surface area contributed by atoms with Crippen LogP contribution < -0.4 is 4.72 Å². The van der Waals surface area contributed by atoms with Gasteiger partial charge >= 0.3 is 0 Å². The van der Waals surface area contributed by atoms with Crippen molar-refractivity contribution < 1.29 is 13.2 Å². The number of nitrogens with one attached hydrogen (secondary N) is 1. The van der Waals surface area contributed by atoms with Crippen molar-refractivity contribution in [2.24, 2.45) is 5.41 Å². The number of aryl methyl sites for hydroxylation is 1. The highest BCUT2D eigenvalue weighted by Gasteiger charge is 2.57. The van der Waals surface area contributed by atoms with Crippen LogP contribution in [0.2, 0.25) is 0 Å². The van der Waals surface area contributed by atoms with E-state index in [1.54, 1.807) is 12.1 Å². The molecular formula is C17H25NO3S. The minimum absolute atomic E-state index is 0.0526. The first-order valence-corrected chi connectivity index (χ1v) is 9.56. The molecule has 0 bridgehead atoms. The lowest BCUT2D eigenvalue weighted by atomic mass is 9.66. The van der Waals surface area contributed by atoms with Crippen molar-refractivity contribution in [3.8, 4) is 0 Å². The molecule has 0 radical (unpaired) electrons. The minimum atomic E-state index is -3.45. The molecule has 1 aromatic carbocycles. The third kappa shape index (κ3) is 2.94. The van der Waals surface area contributed by atoms with E-state index in [2.05, 4.69) is 11.6 Å². The summed E-state index contributed by atoms with van der Waals surface area (Å²) >= 11 is 0. The first kappa shape index (κ1) is 16.0. The fourth-order valence-electron chi connectivity index (χ4n) is 3.57. The summed E-state index contributed by atoms with van der Waals surface area (Å²) in [5, 5.41) is 0. The molecule has 1 aliphatic carbocycles. The summed E-state index contributed by atoms with van der Waals surface area (Å²) in [5.41, 5.74) is 0.855. The van der Waals surface area contributed by atoms with Gasteiger partial charge in [0, 0.05) is 12.0 Å². The molecule has 22 heavy (non-hydrogen) atoms. The van der Waals surface area contributed by atoms with Crippen LogP contribution in [-0.2, 0) is 14.8 Å². The van der Waals surface area contributed by atoms with Crippen LogP contribution in [0.1, 0.15) is 44.6 Å². The van der Waals surface area contributed by atoms with E-state index in [0.29, 0.717) is 11.4 Å². The number of hydrogen-bond acceptors (Lipinski definition) is 3. The zero-order valence-electron chi connectivity index (χ0n) is 13.4. The van der Waals surface area contributed by atoms with Gasteiger partial charge in [0.05, 0.1) is 17.1 Å². The molecule has 1 saturated heterocycles. The number of ether oxygens (including phenoxy) is 1. The third-order valence-electron chi connectivity index (χ3n) is 5.44. The number of rotatable bonds is 5. The normalized spacial score (nSPS) is 27.5. The van der Waals surface area contributed by atoms with Gasteiger partial charge in [0.2, 0.25) is 10.0 Å². The largest absolute Gasteiger partial charge is 0.369 e. The molecule has 1 atom stereocenters. The van der Waals surface area contributed by atoms with Crippen LogP contribution in [0.3, 0.4) is 0 Å². The number of epoxide rings is 1. The quantitative estimate of drug-likeness (QED) is 0.847. The van der Waals surface area contributed by atoms with Crippen LogP contribution in [0, 0.1) is 12.3 Å². The molecule has 1 heterocycles. The van der Waals surface area contributed by atoms with Gasteiger partial charge in [0.25, 0.3) is 0 Å². The summed E-state index contributed by atoms with van der Waals surface area (Å²) in [6.45, 7) is 5.30. The average Bonchev–Trinajstić information content (AvgIpc) is 3.26. The Balaban J connectivity index is 1.76. The number of sulfonamides is 1. The molecule has 2 fully saturated rings. The van der Waals surface area contributed by atoms with E-state index >= 15 is 0 Å². The van der Waals surface area contributed by atoms with Crippen molar-refractivity contribution in [2.75, 3.05) is 13.2 Å². The van der Waals surface area contributed by atoms with Crippen LogP contribution in [0.15, 0.2) is 29.2 Å². The highest BCUT2D eigenvalue weighted by atomic mass is 32.2. The topological polar surface area (TPSA) is 58.7 Å². The number of benzene rings is 1. The maximum atomic E-state index is 12.5. The van der Waals surface area contributed by atoms with Gasteiger partial charge < -0.3 is 4.74 Å². The summed E-state index contributed by atoms with van der Waals surface area (Å²) in [6, 6.07) is 6.99. The van der Waals surface area contributed by atoms with Crippen LogP contribution in [0.25, 0.3) is 0 Å². The molecule has 0 spiro atoms. The van der Waals surface area contributed by atoms with Crippen molar-refractivity contribution in [3.05, 3.63) is 29.8 Å². The van der Waals surface area contributed by atoms with Crippen molar-refractivity contribution in [3.63, 3.8) is 0 Å². The molecule has 1 aliphatic heterocycles. The van der Waals surface area contributed by atoms with Crippen molar-refractivity contribution in [1.29, 1.82) is 0 Å². The van der Waals surface area contributed by atoms with E-state index in [1.165, 1.54) is 6.42 Å². The summed E-state index contributed by atoms with van der Waals surface area (Å²) in [5.74, 6) is 0. The van der Waals surface area contributed by atoms with Gasteiger partial charge in [-0.2, -0.15) is 0 Å². The molecule has 1 aromatic rings. The molecule has 5 heteroatoms. The maximum absolute atomic E-state index is 12.5.